The summed E-state index contributed by atoms with van der Waals surface area (Å²) in [5, 5.41) is 0. The SMILES string of the molecule is CCC(=O)c1cccc(OCC2CCCC2)c1. The summed E-state index contributed by atoms with van der Waals surface area (Å²) in [5.41, 5.74) is 0.761. The molecule has 1 saturated carbocycles. The van der Waals surface area contributed by atoms with Crippen LogP contribution in [-0.2, 0) is 0 Å². The molecule has 0 amide bonds. The second-order valence-corrected chi connectivity index (χ2v) is 4.77. The Balaban J connectivity index is 1.93. The van der Waals surface area contributed by atoms with Gasteiger partial charge in [-0.05, 0) is 30.9 Å². The zero-order chi connectivity index (χ0) is 12.1. The van der Waals surface area contributed by atoms with Crippen LogP contribution in [0.3, 0.4) is 0 Å². The van der Waals surface area contributed by atoms with E-state index in [-0.39, 0.29) is 5.78 Å². The molecular weight excluding hydrogens is 212 g/mol. The maximum atomic E-state index is 11.6. The first-order chi connectivity index (χ1) is 8.29. The van der Waals surface area contributed by atoms with Gasteiger partial charge < -0.3 is 4.74 Å². The van der Waals surface area contributed by atoms with Crippen molar-refractivity contribution < 1.29 is 9.53 Å². The second-order valence-electron chi connectivity index (χ2n) is 4.77. The van der Waals surface area contributed by atoms with Crippen LogP contribution in [0.4, 0.5) is 0 Å². The Labute approximate surface area is 103 Å². The van der Waals surface area contributed by atoms with Gasteiger partial charge in [0.1, 0.15) is 5.75 Å². The zero-order valence-electron chi connectivity index (χ0n) is 10.4. The van der Waals surface area contributed by atoms with Crippen LogP contribution in [0.1, 0.15) is 49.4 Å². The van der Waals surface area contributed by atoms with Crippen molar-refractivity contribution in [2.45, 2.75) is 39.0 Å². The standard InChI is InChI=1S/C15H20O2/c1-2-15(16)13-8-5-9-14(10-13)17-11-12-6-3-4-7-12/h5,8-10,12H,2-4,6-7,11H2,1H3. The summed E-state index contributed by atoms with van der Waals surface area (Å²) < 4.78 is 5.77. The van der Waals surface area contributed by atoms with Crippen molar-refractivity contribution in [2.24, 2.45) is 5.92 Å². The van der Waals surface area contributed by atoms with E-state index >= 15 is 0 Å². The molecule has 0 aromatic heterocycles. The van der Waals surface area contributed by atoms with Crippen molar-refractivity contribution in [3.8, 4) is 5.75 Å². The monoisotopic (exact) mass is 232 g/mol. The lowest BCUT2D eigenvalue weighted by atomic mass is 10.1. The molecule has 0 atom stereocenters. The van der Waals surface area contributed by atoms with Gasteiger partial charge >= 0.3 is 0 Å². The number of ether oxygens (including phenoxy) is 1. The summed E-state index contributed by atoms with van der Waals surface area (Å²) in [7, 11) is 0. The van der Waals surface area contributed by atoms with Crippen LogP contribution in [0, 0.1) is 5.92 Å². The summed E-state index contributed by atoms with van der Waals surface area (Å²) in [6, 6.07) is 7.54. The number of ketones is 1. The van der Waals surface area contributed by atoms with Gasteiger partial charge in [0, 0.05) is 12.0 Å². The van der Waals surface area contributed by atoms with E-state index in [1.54, 1.807) is 0 Å². The highest BCUT2D eigenvalue weighted by atomic mass is 16.5. The van der Waals surface area contributed by atoms with Gasteiger partial charge in [-0.25, -0.2) is 0 Å². The smallest absolute Gasteiger partial charge is 0.162 e. The van der Waals surface area contributed by atoms with E-state index < -0.39 is 0 Å². The van der Waals surface area contributed by atoms with Crippen molar-refractivity contribution in [1.29, 1.82) is 0 Å². The van der Waals surface area contributed by atoms with Crippen molar-refractivity contribution in [2.75, 3.05) is 6.61 Å². The molecule has 0 aliphatic heterocycles. The van der Waals surface area contributed by atoms with E-state index in [0.29, 0.717) is 12.3 Å². The maximum Gasteiger partial charge on any atom is 0.162 e. The number of carbonyl (C=O) groups excluding carboxylic acids is 1. The molecule has 1 aliphatic carbocycles. The summed E-state index contributed by atoms with van der Waals surface area (Å²) in [6.07, 6.45) is 5.79. The first-order valence-electron chi connectivity index (χ1n) is 6.55. The Bertz CT molecular complexity index is 378. The molecule has 0 spiro atoms. The molecule has 0 unspecified atom stereocenters. The molecule has 1 aromatic carbocycles. The zero-order valence-corrected chi connectivity index (χ0v) is 10.4. The topological polar surface area (TPSA) is 26.3 Å². The van der Waals surface area contributed by atoms with Gasteiger partial charge in [0.05, 0.1) is 6.61 Å². The minimum absolute atomic E-state index is 0.177. The minimum atomic E-state index is 0.177. The Kier molecular flexibility index (Phi) is 4.18. The van der Waals surface area contributed by atoms with E-state index in [9.17, 15) is 4.79 Å². The predicted octanol–water partition coefficient (Wildman–Crippen LogP) is 3.85. The Morgan fingerprint density at radius 3 is 2.82 bits per heavy atom. The fraction of sp³-hybridized carbons (Fsp3) is 0.533. The van der Waals surface area contributed by atoms with Crippen LogP contribution >= 0.6 is 0 Å². The van der Waals surface area contributed by atoms with Crippen LogP contribution in [0.2, 0.25) is 0 Å². The van der Waals surface area contributed by atoms with Gasteiger partial charge in [-0.1, -0.05) is 31.9 Å². The van der Waals surface area contributed by atoms with Gasteiger partial charge in [0.15, 0.2) is 5.78 Å². The van der Waals surface area contributed by atoms with Gasteiger partial charge in [-0.3, -0.25) is 4.79 Å². The van der Waals surface area contributed by atoms with Gasteiger partial charge in [0.25, 0.3) is 0 Å². The fourth-order valence-electron chi connectivity index (χ4n) is 2.35. The molecule has 17 heavy (non-hydrogen) atoms. The molecule has 92 valence electrons. The number of carbonyl (C=O) groups is 1. The highest BCUT2D eigenvalue weighted by Crippen LogP contribution is 2.25. The molecule has 2 heteroatoms. The first-order valence-corrected chi connectivity index (χ1v) is 6.55. The quantitative estimate of drug-likeness (QED) is 0.721. The van der Waals surface area contributed by atoms with Crippen LogP contribution in [0.5, 0.6) is 5.75 Å². The number of Topliss-reactive ketones (excluding diaryl/α,β-unsaturated/α-hetero) is 1. The number of hydrogen-bond acceptors (Lipinski definition) is 2. The number of hydrogen-bond donors (Lipinski definition) is 0. The van der Waals surface area contributed by atoms with Gasteiger partial charge in [-0.2, -0.15) is 0 Å². The normalized spacial score (nSPS) is 16.1. The van der Waals surface area contributed by atoms with Crippen molar-refractivity contribution in [1.82, 2.24) is 0 Å². The fourth-order valence-corrected chi connectivity index (χ4v) is 2.35. The molecular formula is C15H20O2. The minimum Gasteiger partial charge on any atom is -0.493 e. The summed E-state index contributed by atoms with van der Waals surface area (Å²) in [4.78, 5) is 11.6. The number of rotatable bonds is 5. The Morgan fingerprint density at radius 1 is 1.35 bits per heavy atom. The van der Waals surface area contributed by atoms with Crippen molar-refractivity contribution in [3.05, 3.63) is 29.8 Å². The molecule has 2 nitrogen and oxygen atoms in total. The lowest BCUT2D eigenvalue weighted by Gasteiger charge is -2.11. The molecule has 0 N–H and O–H groups in total. The van der Waals surface area contributed by atoms with E-state index in [1.807, 2.05) is 31.2 Å². The lowest BCUT2D eigenvalue weighted by molar-refractivity contribution is 0.0987. The van der Waals surface area contributed by atoms with Crippen LogP contribution in [-0.4, -0.2) is 12.4 Å². The molecule has 2 rings (SSSR count). The maximum absolute atomic E-state index is 11.6. The predicted molar refractivity (Wildman–Crippen MR) is 68.5 cm³/mol. The van der Waals surface area contributed by atoms with Crippen LogP contribution < -0.4 is 4.74 Å². The molecule has 1 fully saturated rings. The highest BCUT2D eigenvalue weighted by molar-refractivity contribution is 5.96. The average Bonchev–Trinajstić information content (AvgIpc) is 2.89. The number of benzene rings is 1. The highest BCUT2D eigenvalue weighted by Gasteiger charge is 2.15. The van der Waals surface area contributed by atoms with Crippen molar-refractivity contribution >= 4 is 5.78 Å². The van der Waals surface area contributed by atoms with Crippen LogP contribution in [0.15, 0.2) is 24.3 Å². The molecule has 0 bridgehead atoms. The third-order valence-corrected chi connectivity index (χ3v) is 3.44. The van der Waals surface area contributed by atoms with Gasteiger partial charge in [-0.15, -0.1) is 0 Å². The Hall–Kier alpha value is -1.31. The van der Waals surface area contributed by atoms with Crippen molar-refractivity contribution in [3.63, 3.8) is 0 Å². The molecule has 1 aromatic rings. The van der Waals surface area contributed by atoms with E-state index in [2.05, 4.69) is 0 Å². The molecule has 0 radical (unpaired) electrons. The summed E-state index contributed by atoms with van der Waals surface area (Å²) in [6.45, 7) is 2.68. The van der Waals surface area contributed by atoms with E-state index in [1.165, 1.54) is 25.7 Å². The third-order valence-electron chi connectivity index (χ3n) is 3.44. The second kappa shape index (κ2) is 5.85. The van der Waals surface area contributed by atoms with E-state index in [0.717, 1.165) is 17.9 Å². The largest absolute Gasteiger partial charge is 0.493 e. The first kappa shape index (κ1) is 12.2. The molecule has 0 saturated heterocycles. The Morgan fingerprint density at radius 2 is 2.12 bits per heavy atom. The third kappa shape index (κ3) is 3.32. The average molecular weight is 232 g/mol. The van der Waals surface area contributed by atoms with Gasteiger partial charge in [0.2, 0.25) is 0 Å². The molecule has 1 aliphatic rings. The summed E-state index contributed by atoms with van der Waals surface area (Å²) >= 11 is 0. The summed E-state index contributed by atoms with van der Waals surface area (Å²) in [5.74, 6) is 1.72. The molecule has 0 heterocycles. The van der Waals surface area contributed by atoms with Crippen LogP contribution in [0.25, 0.3) is 0 Å². The van der Waals surface area contributed by atoms with E-state index in [4.69, 9.17) is 4.74 Å². The lowest BCUT2D eigenvalue weighted by Crippen LogP contribution is -2.08.